The van der Waals surface area contributed by atoms with E-state index in [1.165, 1.54) is 0 Å². The molecule has 0 fully saturated rings. The fourth-order valence-electron chi connectivity index (χ4n) is 2.10. The summed E-state index contributed by atoms with van der Waals surface area (Å²) in [6.45, 7) is 4.98. The third kappa shape index (κ3) is 4.43. The molecule has 0 unspecified atom stereocenters. The van der Waals surface area contributed by atoms with Crippen LogP contribution in [0, 0.1) is 5.92 Å². The molecule has 0 amide bonds. The number of halogens is 1. The van der Waals surface area contributed by atoms with Crippen LogP contribution in [0.1, 0.15) is 31.7 Å². The number of benzene rings is 1. The van der Waals surface area contributed by atoms with Gasteiger partial charge in [-0.3, -0.25) is 4.79 Å². The minimum absolute atomic E-state index is 0.0257. The minimum Gasteiger partial charge on any atom is -0.309 e. The Morgan fingerprint density at radius 1 is 1.22 bits per heavy atom. The van der Waals surface area contributed by atoms with Gasteiger partial charge in [-0.2, -0.15) is 0 Å². The van der Waals surface area contributed by atoms with E-state index in [-0.39, 0.29) is 5.92 Å². The second kappa shape index (κ2) is 6.91. The molecule has 0 spiro atoms. The van der Waals surface area contributed by atoms with Gasteiger partial charge in [-0.25, -0.2) is 0 Å². The largest absolute Gasteiger partial charge is 0.309 e. The maximum absolute atomic E-state index is 12.3. The number of nitrogens with zero attached hydrogens (tertiary/aromatic N) is 1. The molecule has 0 heterocycles. The first-order chi connectivity index (χ1) is 8.41. The fraction of sp³-hybridized carbons (Fsp3) is 0.533. The summed E-state index contributed by atoms with van der Waals surface area (Å²) >= 11 is 5.89. The summed E-state index contributed by atoms with van der Waals surface area (Å²) in [6.07, 6.45) is 0.596. The Bertz CT molecular complexity index is 384. The van der Waals surface area contributed by atoms with Crippen molar-refractivity contribution >= 4 is 17.4 Å². The quantitative estimate of drug-likeness (QED) is 0.785. The van der Waals surface area contributed by atoms with E-state index in [1.807, 2.05) is 43.3 Å². The molecule has 2 nitrogen and oxygen atoms in total. The van der Waals surface area contributed by atoms with Crippen molar-refractivity contribution in [2.24, 2.45) is 5.92 Å². The molecule has 18 heavy (non-hydrogen) atoms. The van der Waals surface area contributed by atoms with Gasteiger partial charge in [0.1, 0.15) is 5.78 Å². The lowest BCUT2D eigenvalue weighted by Gasteiger charge is -2.21. The fourth-order valence-corrected chi connectivity index (χ4v) is 2.23. The molecule has 0 aromatic heterocycles. The van der Waals surface area contributed by atoms with Crippen LogP contribution in [0.3, 0.4) is 0 Å². The van der Waals surface area contributed by atoms with E-state index in [0.29, 0.717) is 23.1 Å². The smallest absolute Gasteiger partial charge is 0.141 e. The minimum atomic E-state index is -0.0257. The maximum Gasteiger partial charge on any atom is 0.141 e. The van der Waals surface area contributed by atoms with Gasteiger partial charge in [-0.15, -0.1) is 0 Å². The Morgan fingerprint density at radius 3 is 2.22 bits per heavy atom. The summed E-state index contributed by atoms with van der Waals surface area (Å²) in [6, 6.07) is 7.62. The molecule has 1 aromatic carbocycles. The van der Waals surface area contributed by atoms with Crippen molar-refractivity contribution in [2.75, 3.05) is 20.6 Å². The van der Waals surface area contributed by atoms with E-state index in [2.05, 4.69) is 13.8 Å². The number of carbonyl (C=O) groups is 1. The third-order valence-electron chi connectivity index (χ3n) is 3.05. The molecule has 0 N–H and O–H groups in total. The molecule has 0 aliphatic heterocycles. The Kier molecular flexibility index (Phi) is 5.83. The van der Waals surface area contributed by atoms with Crippen LogP contribution < -0.4 is 0 Å². The second-order valence-electron chi connectivity index (χ2n) is 5.29. The lowest BCUT2D eigenvalue weighted by atomic mass is 9.84. The monoisotopic (exact) mass is 267 g/mol. The third-order valence-corrected chi connectivity index (χ3v) is 3.30. The molecule has 0 radical (unpaired) electrons. The number of ketones is 1. The zero-order valence-electron chi connectivity index (χ0n) is 11.6. The normalized spacial score (nSPS) is 13.1. The number of hydrogen-bond donors (Lipinski definition) is 0. The van der Waals surface area contributed by atoms with E-state index in [4.69, 9.17) is 11.6 Å². The van der Waals surface area contributed by atoms with Crippen molar-refractivity contribution in [3.05, 3.63) is 34.9 Å². The van der Waals surface area contributed by atoms with Crippen molar-refractivity contribution in [3.63, 3.8) is 0 Å². The first-order valence-electron chi connectivity index (χ1n) is 6.34. The Balaban J connectivity index is 2.82. The second-order valence-corrected chi connectivity index (χ2v) is 5.73. The summed E-state index contributed by atoms with van der Waals surface area (Å²) in [4.78, 5) is 14.4. The van der Waals surface area contributed by atoms with Crippen LogP contribution in [0.25, 0.3) is 0 Å². The zero-order valence-corrected chi connectivity index (χ0v) is 12.4. The van der Waals surface area contributed by atoms with Gasteiger partial charge in [-0.1, -0.05) is 37.6 Å². The van der Waals surface area contributed by atoms with Crippen LogP contribution in [0.2, 0.25) is 5.02 Å². The molecule has 0 saturated carbocycles. The predicted octanol–water partition coefficient (Wildman–Crippen LogP) is 3.60. The van der Waals surface area contributed by atoms with Crippen LogP contribution in [0.4, 0.5) is 0 Å². The van der Waals surface area contributed by atoms with Gasteiger partial charge in [0.25, 0.3) is 0 Å². The average Bonchev–Trinajstić information content (AvgIpc) is 2.29. The van der Waals surface area contributed by atoms with E-state index in [9.17, 15) is 4.79 Å². The van der Waals surface area contributed by atoms with Crippen molar-refractivity contribution in [2.45, 2.75) is 26.2 Å². The maximum atomic E-state index is 12.3. The van der Waals surface area contributed by atoms with E-state index >= 15 is 0 Å². The molecule has 0 aliphatic rings. The van der Waals surface area contributed by atoms with Gasteiger partial charge in [0.15, 0.2) is 0 Å². The highest BCUT2D eigenvalue weighted by atomic mass is 35.5. The molecule has 1 rings (SSSR count). The number of rotatable bonds is 6. The summed E-state index contributed by atoms with van der Waals surface area (Å²) < 4.78 is 0. The highest BCUT2D eigenvalue weighted by molar-refractivity contribution is 6.30. The molecule has 1 atom stereocenters. The van der Waals surface area contributed by atoms with Gasteiger partial charge in [0.05, 0.1) is 0 Å². The molecule has 0 bridgehead atoms. The summed E-state index contributed by atoms with van der Waals surface area (Å²) in [5, 5.41) is 0.710. The molecular formula is C15H22ClNO. The van der Waals surface area contributed by atoms with Crippen LogP contribution in [0.5, 0.6) is 0 Å². The SMILES string of the molecule is CC(C)[C@H](C(=O)CCN(C)C)c1ccc(Cl)cc1. The van der Waals surface area contributed by atoms with Crippen molar-refractivity contribution in [3.8, 4) is 0 Å². The molecule has 1 aromatic rings. The zero-order chi connectivity index (χ0) is 13.7. The van der Waals surface area contributed by atoms with Crippen LogP contribution in [0.15, 0.2) is 24.3 Å². The Morgan fingerprint density at radius 2 is 1.78 bits per heavy atom. The van der Waals surface area contributed by atoms with Crippen LogP contribution in [-0.4, -0.2) is 31.3 Å². The van der Waals surface area contributed by atoms with Crippen LogP contribution >= 0.6 is 11.6 Å². The first-order valence-corrected chi connectivity index (χ1v) is 6.72. The summed E-state index contributed by atoms with van der Waals surface area (Å²) in [7, 11) is 3.97. The Hall–Kier alpha value is -0.860. The number of hydrogen-bond acceptors (Lipinski definition) is 2. The van der Waals surface area contributed by atoms with Gasteiger partial charge in [0, 0.05) is 23.9 Å². The summed E-state index contributed by atoms with van der Waals surface area (Å²) in [5.41, 5.74) is 1.07. The highest BCUT2D eigenvalue weighted by Gasteiger charge is 2.23. The lowest BCUT2D eigenvalue weighted by molar-refractivity contribution is -0.121. The molecule has 0 saturated heterocycles. The van der Waals surface area contributed by atoms with Crippen LogP contribution in [-0.2, 0) is 4.79 Å². The average molecular weight is 268 g/mol. The van der Waals surface area contributed by atoms with E-state index in [0.717, 1.165) is 12.1 Å². The molecular weight excluding hydrogens is 246 g/mol. The Labute approximate surface area is 115 Å². The first kappa shape index (κ1) is 15.2. The van der Waals surface area contributed by atoms with Gasteiger partial charge >= 0.3 is 0 Å². The molecule has 3 heteroatoms. The summed E-state index contributed by atoms with van der Waals surface area (Å²) in [5.74, 6) is 0.587. The number of carbonyl (C=O) groups excluding carboxylic acids is 1. The lowest BCUT2D eigenvalue weighted by Crippen LogP contribution is -2.23. The van der Waals surface area contributed by atoms with Crippen molar-refractivity contribution in [1.29, 1.82) is 0 Å². The van der Waals surface area contributed by atoms with E-state index < -0.39 is 0 Å². The molecule has 100 valence electrons. The van der Waals surface area contributed by atoms with Gasteiger partial charge < -0.3 is 4.90 Å². The molecule has 0 aliphatic carbocycles. The van der Waals surface area contributed by atoms with Crippen molar-refractivity contribution in [1.82, 2.24) is 4.90 Å². The van der Waals surface area contributed by atoms with E-state index in [1.54, 1.807) is 0 Å². The van der Waals surface area contributed by atoms with Crippen molar-refractivity contribution < 1.29 is 4.79 Å². The topological polar surface area (TPSA) is 20.3 Å². The van der Waals surface area contributed by atoms with Gasteiger partial charge in [-0.05, 0) is 37.7 Å². The standard InChI is InChI=1S/C15H22ClNO/c1-11(2)15(14(18)9-10-17(3)4)12-5-7-13(16)8-6-12/h5-8,11,15H,9-10H2,1-4H3/t15-/m0/s1. The highest BCUT2D eigenvalue weighted by Crippen LogP contribution is 2.27. The number of Topliss-reactive ketones (excluding diaryl/α,β-unsaturated/α-hetero) is 1. The predicted molar refractivity (Wildman–Crippen MR) is 77.2 cm³/mol. The van der Waals surface area contributed by atoms with Gasteiger partial charge in [0.2, 0.25) is 0 Å².